The monoisotopic (exact) mass is 212 g/mol. The molecule has 1 aliphatic rings. The van der Waals surface area contributed by atoms with E-state index in [0.29, 0.717) is 5.54 Å². The summed E-state index contributed by atoms with van der Waals surface area (Å²) in [4.78, 5) is 2.64. The minimum Gasteiger partial charge on any atom is -0.311 e. The van der Waals surface area contributed by atoms with Gasteiger partial charge in [0.2, 0.25) is 0 Å². The van der Waals surface area contributed by atoms with Gasteiger partial charge in [-0.3, -0.25) is 4.90 Å². The molecular weight excluding hydrogens is 184 g/mol. The zero-order valence-corrected chi connectivity index (χ0v) is 11.4. The Balaban J connectivity index is 2.48. The van der Waals surface area contributed by atoms with Gasteiger partial charge in [0.15, 0.2) is 0 Å². The molecule has 0 aromatic heterocycles. The highest BCUT2D eigenvalue weighted by molar-refractivity contribution is 4.90. The fraction of sp³-hybridized carbons (Fsp3) is 1.00. The maximum Gasteiger partial charge on any atom is 0.0226 e. The second-order valence-corrected chi connectivity index (χ2v) is 6.79. The predicted molar refractivity (Wildman–Crippen MR) is 67.2 cm³/mol. The second kappa shape index (κ2) is 4.42. The first-order valence-corrected chi connectivity index (χ1v) is 6.22. The summed E-state index contributed by atoms with van der Waals surface area (Å²) < 4.78 is 0. The SMILES string of the molecule is CC(C)(C)NCC1CCCN1C(C)(C)C. The molecule has 1 saturated heterocycles. The predicted octanol–water partition coefficient (Wildman–Crippen LogP) is 2.64. The van der Waals surface area contributed by atoms with Crippen LogP contribution in [0.5, 0.6) is 0 Å². The van der Waals surface area contributed by atoms with Gasteiger partial charge in [0.05, 0.1) is 0 Å². The van der Waals surface area contributed by atoms with Gasteiger partial charge >= 0.3 is 0 Å². The summed E-state index contributed by atoms with van der Waals surface area (Å²) in [5.74, 6) is 0. The fourth-order valence-corrected chi connectivity index (χ4v) is 2.36. The summed E-state index contributed by atoms with van der Waals surface area (Å²) in [6, 6.07) is 0.726. The number of likely N-dealkylation sites (tertiary alicyclic amines) is 1. The van der Waals surface area contributed by atoms with Crippen molar-refractivity contribution < 1.29 is 0 Å². The third kappa shape index (κ3) is 4.12. The Labute approximate surface area is 95.4 Å². The molecule has 1 N–H and O–H groups in total. The van der Waals surface area contributed by atoms with E-state index in [4.69, 9.17) is 0 Å². The van der Waals surface area contributed by atoms with Crippen molar-refractivity contribution in [2.24, 2.45) is 0 Å². The van der Waals surface area contributed by atoms with E-state index in [0.717, 1.165) is 12.6 Å². The standard InChI is InChI=1S/C13H28N2/c1-12(2,3)14-10-11-8-7-9-15(11)13(4,5)6/h11,14H,7-10H2,1-6H3. The zero-order chi connectivity index (χ0) is 11.7. The van der Waals surface area contributed by atoms with Crippen LogP contribution in [0, 0.1) is 0 Å². The van der Waals surface area contributed by atoms with Gasteiger partial charge in [-0.2, -0.15) is 0 Å². The van der Waals surface area contributed by atoms with Crippen molar-refractivity contribution in [3.05, 3.63) is 0 Å². The lowest BCUT2D eigenvalue weighted by molar-refractivity contribution is 0.116. The molecule has 0 amide bonds. The highest BCUT2D eigenvalue weighted by Gasteiger charge is 2.32. The van der Waals surface area contributed by atoms with Crippen molar-refractivity contribution in [2.75, 3.05) is 13.1 Å². The first-order chi connectivity index (χ1) is 6.70. The van der Waals surface area contributed by atoms with E-state index in [-0.39, 0.29) is 5.54 Å². The molecule has 1 aliphatic heterocycles. The zero-order valence-electron chi connectivity index (χ0n) is 11.4. The Hall–Kier alpha value is -0.0800. The number of rotatable bonds is 2. The van der Waals surface area contributed by atoms with E-state index in [9.17, 15) is 0 Å². The number of nitrogens with zero attached hydrogens (tertiary/aromatic N) is 1. The van der Waals surface area contributed by atoms with Crippen molar-refractivity contribution >= 4 is 0 Å². The van der Waals surface area contributed by atoms with Crippen LogP contribution in [0.2, 0.25) is 0 Å². The van der Waals surface area contributed by atoms with Crippen LogP contribution in [-0.4, -0.2) is 35.1 Å². The highest BCUT2D eigenvalue weighted by atomic mass is 15.2. The van der Waals surface area contributed by atoms with Gasteiger partial charge in [-0.05, 0) is 60.9 Å². The first-order valence-electron chi connectivity index (χ1n) is 6.22. The summed E-state index contributed by atoms with van der Waals surface area (Å²) in [6.07, 6.45) is 2.70. The molecular formula is C13H28N2. The normalized spacial score (nSPS) is 24.8. The summed E-state index contributed by atoms with van der Waals surface area (Å²) in [7, 11) is 0. The van der Waals surface area contributed by atoms with E-state index in [2.05, 4.69) is 51.8 Å². The molecule has 0 aliphatic carbocycles. The Morgan fingerprint density at radius 3 is 2.20 bits per heavy atom. The van der Waals surface area contributed by atoms with Gasteiger partial charge < -0.3 is 5.32 Å². The molecule has 1 fully saturated rings. The Morgan fingerprint density at radius 2 is 1.73 bits per heavy atom. The van der Waals surface area contributed by atoms with Gasteiger partial charge in [-0.1, -0.05) is 0 Å². The van der Waals surface area contributed by atoms with Crippen molar-refractivity contribution in [3.8, 4) is 0 Å². The molecule has 0 radical (unpaired) electrons. The third-order valence-electron chi connectivity index (χ3n) is 3.11. The smallest absolute Gasteiger partial charge is 0.0226 e. The van der Waals surface area contributed by atoms with E-state index < -0.39 is 0 Å². The maximum atomic E-state index is 3.62. The molecule has 1 heterocycles. The quantitative estimate of drug-likeness (QED) is 0.757. The van der Waals surface area contributed by atoms with Gasteiger partial charge in [-0.15, -0.1) is 0 Å². The lowest BCUT2D eigenvalue weighted by Crippen LogP contribution is -2.51. The molecule has 0 bridgehead atoms. The molecule has 0 spiro atoms. The molecule has 2 nitrogen and oxygen atoms in total. The van der Waals surface area contributed by atoms with Crippen LogP contribution < -0.4 is 5.32 Å². The van der Waals surface area contributed by atoms with E-state index in [1.807, 2.05) is 0 Å². The average molecular weight is 212 g/mol. The first kappa shape index (κ1) is 13.0. The summed E-state index contributed by atoms with van der Waals surface area (Å²) in [5, 5.41) is 3.62. The topological polar surface area (TPSA) is 15.3 Å². The number of hydrogen-bond acceptors (Lipinski definition) is 2. The molecule has 2 heteroatoms. The van der Waals surface area contributed by atoms with Crippen molar-refractivity contribution in [1.29, 1.82) is 0 Å². The van der Waals surface area contributed by atoms with E-state index >= 15 is 0 Å². The van der Waals surface area contributed by atoms with Gasteiger partial charge in [0.25, 0.3) is 0 Å². The van der Waals surface area contributed by atoms with Crippen LogP contribution in [0.1, 0.15) is 54.4 Å². The number of nitrogens with one attached hydrogen (secondary N) is 1. The third-order valence-corrected chi connectivity index (χ3v) is 3.11. The Morgan fingerprint density at radius 1 is 1.13 bits per heavy atom. The van der Waals surface area contributed by atoms with Crippen LogP contribution in [0.4, 0.5) is 0 Å². The lowest BCUT2D eigenvalue weighted by Gasteiger charge is -2.38. The molecule has 0 aromatic carbocycles. The lowest BCUT2D eigenvalue weighted by atomic mass is 10.0. The van der Waals surface area contributed by atoms with Crippen LogP contribution in [0.15, 0.2) is 0 Å². The Kier molecular flexibility index (Phi) is 3.83. The van der Waals surface area contributed by atoms with Crippen LogP contribution >= 0.6 is 0 Å². The minimum absolute atomic E-state index is 0.242. The summed E-state index contributed by atoms with van der Waals surface area (Å²) in [6.45, 7) is 16.1. The second-order valence-electron chi connectivity index (χ2n) is 6.79. The van der Waals surface area contributed by atoms with Crippen molar-refractivity contribution in [2.45, 2.75) is 71.5 Å². The van der Waals surface area contributed by atoms with E-state index in [1.165, 1.54) is 19.4 Å². The summed E-state index contributed by atoms with van der Waals surface area (Å²) in [5.41, 5.74) is 0.562. The van der Waals surface area contributed by atoms with Crippen LogP contribution in [0.3, 0.4) is 0 Å². The number of hydrogen-bond donors (Lipinski definition) is 1. The molecule has 1 atom stereocenters. The highest BCUT2D eigenvalue weighted by Crippen LogP contribution is 2.26. The minimum atomic E-state index is 0.242. The largest absolute Gasteiger partial charge is 0.311 e. The van der Waals surface area contributed by atoms with Crippen LogP contribution in [0.25, 0.3) is 0 Å². The molecule has 1 rings (SSSR count). The van der Waals surface area contributed by atoms with Gasteiger partial charge in [0.1, 0.15) is 0 Å². The molecule has 0 aromatic rings. The molecule has 1 unspecified atom stereocenters. The molecule has 0 saturated carbocycles. The van der Waals surface area contributed by atoms with Gasteiger partial charge in [-0.25, -0.2) is 0 Å². The summed E-state index contributed by atoms with van der Waals surface area (Å²) >= 11 is 0. The van der Waals surface area contributed by atoms with E-state index in [1.54, 1.807) is 0 Å². The average Bonchev–Trinajstić information content (AvgIpc) is 2.45. The molecule has 15 heavy (non-hydrogen) atoms. The maximum absolute atomic E-state index is 3.62. The van der Waals surface area contributed by atoms with Crippen molar-refractivity contribution in [3.63, 3.8) is 0 Å². The van der Waals surface area contributed by atoms with Crippen molar-refractivity contribution in [1.82, 2.24) is 10.2 Å². The van der Waals surface area contributed by atoms with Crippen LogP contribution in [-0.2, 0) is 0 Å². The Bertz CT molecular complexity index is 198. The van der Waals surface area contributed by atoms with Gasteiger partial charge in [0, 0.05) is 23.7 Å². The molecule has 90 valence electrons. The fourth-order valence-electron chi connectivity index (χ4n) is 2.36.